The second kappa shape index (κ2) is 9.03. The maximum atomic E-state index is 12.7. The Morgan fingerprint density at radius 1 is 1.30 bits per heavy atom. The molecule has 0 aliphatic heterocycles. The van der Waals surface area contributed by atoms with Gasteiger partial charge in [0.15, 0.2) is 0 Å². The molecule has 1 N–H and O–H groups in total. The maximum Gasteiger partial charge on any atom is 0.243 e. The van der Waals surface area contributed by atoms with Gasteiger partial charge < -0.3 is 9.88 Å². The van der Waals surface area contributed by atoms with Gasteiger partial charge in [-0.15, -0.1) is 0 Å². The molecule has 0 fully saturated rings. The van der Waals surface area contributed by atoms with Crippen molar-refractivity contribution in [2.45, 2.75) is 46.2 Å². The Labute approximate surface area is 161 Å². The lowest BCUT2D eigenvalue weighted by atomic mass is 10.1. The van der Waals surface area contributed by atoms with Crippen LogP contribution < -0.4 is 9.62 Å². The third-order valence-electron chi connectivity index (χ3n) is 4.53. The van der Waals surface area contributed by atoms with Crippen LogP contribution in [0.2, 0.25) is 0 Å². The molecule has 0 saturated carbocycles. The van der Waals surface area contributed by atoms with Crippen LogP contribution in [0.1, 0.15) is 30.9 Å². The standard InChI is InChI=1S/C19H28N4O3S/c1-5-18(19(24)21-9-6-11-22-12-10-20-14-22)23(27(4,25)26)17-8-7-15(2)16(3)13-17/h7-8,10,12-14,18H,5-6,9,11H2,1-4H3,(H,21,24)/t18-/m1/s1. The molecule has 0 aliphatic carbocycles. The lowest BCUT2D eigenvalue weighted by Crippen LogP contribution is -2.49. The second-order valence-corrected chi connectivity index (χ2v) is 8.56. The fourth-order valence-corrected chi connectivity index (χ4v) is 4.14. The van der Waals surface area contributed by atoms with Crippen LogP contribution in [0.4, 0.5) is 5.69 Å². The third-order valence-corrected chi connectivity index (χ3v) is 5.71. The highest BCUT2D eigenvalue weighted by molar-refractivity contribution is 7.92. The molecule has 0 saturated heterocycles. The summed E-state index contributed by atoms with van der Waals surface area (Å²) in [5, 5.41) is 2.87. The average Bonchev–Trinajstić information content (AvgIpc) is 3.11. The minimum absolute atomic E-state index is 0.285. The number of hydrogen-bond donors (Lipinski definition) is 1. The molecule has 0 spiro atoms. The molecule has 0 bridgehead atoms. The van der Waals surface area contributed by atoms with Crippen LogP contribution in [0.5, 0.6) is 0 Å². The van der Waals surface area contributed by atoms with Crippen molar-refractivity contribution in [3.05, 3.63) is 48.0 Å². The maximum absolute atomic E-state index is 12.7. The van der Waals surface area contributed by atoms with E-state index in [1.807, 2.05) is 43.7 Å². The van der Waals surface area contributed by atoms with Gasteiger partial charge in [-0.25, -0.2) is 13.4 Å². The van der Waals surface area contributed by atoms with Crippen LogP contribution in [-0.2, 0) is 21.4 Å². The Hall–Kier alpha value is -2.35. The number of hydrogen-bond acceptors (Lipinski definition) is 4. The Morgan fingerprint density at radius 3 is 2.59 bits per heavy atom. The molecule has 7 nitrogen and oxygen atoms in total. The Bertz CT molecular complexity index is 863. The van der Waals surface area contributed by atoms with Crippen molar-refractivity contribution in [1.29, 1.82) is 0 Å². The van der Waals surface area contributed by atoms with Gasteiger partial charge in [0.25, 0.3) is 0 Å². The summed E-state index contributed by atoms with van der Waals surface area (Å²) in [6.07, 6.45) is 7.55. The van der Waals surface area contributed by atoms with Crippen LogP contribution >= 0.6 is 0 Å². The molecule has 0 aliphatic rings. The highest BCUT2D eigenvalue weighted by Crippen LogP contribution is 2.25. The van der Waals surface area contributed by atoms with Gasteiger partial charge in [-0.3, -0.25) is 9.10 Å². The summed E-state index contributed by atoms with van der Waals surface area (Å²) in [6, 6.07) is 4.65. The molecule has 1 aromatic carbocycles. The molecule has 27 heavy (non-hydrogen) atoms. The van der Waals surface area contributed by atoms with Crippen molar-refractivity contribution in [1.82, 2.24) is 14.9 Å². The predicted molar refractivity (Wildman–Crippen MR) is 107 cm³/mol. The van der Waals surface area contributed by atoms with E-state index in [1.54, 1.807) is 18.6 Å². The van der Waals surface area contributed by atoms with Crippen LogP contribution in [0.3, 0.4) is 0 Å². The van der Waals surface area contributed by atoms with E-state index in [9.17, 15) is 13.2 Å². The van der Waals surface area contributed by atoms with E-state index in [4.69, 9.17) is 0 Å². The number of benzene rings is 1. The lowest BCUT2D eigenvalue weighted by Gasteiger charge is -2.30. The molecular formula is C19H28N4O3S. The number of carbonyl (C=O) groups excluding carboxylic acids is 1. The monoisotopic (exact) mass is 392 g/mol. The number of amides is 1. The molecule has 1 heterocycles. The quantitative estimate of drug-likeness (QED) is 0.664. The van der Waals surface area contributed by atoms with E-state index in [0.29, 0.717) is 18.7 Å². The molecule has 148 valence electrons. The minimum Gasteiger partial charge on any atom is -0.354 e. The van der Waals surface area contributed by atoms with Crippen molar-refractivity contribution >= 4 is 21.6 Å². The van der Waals surface area contributed by atoms with Crippen molar-refractivity contribution in [2.24, 2.45) is 0 Å². The fraction of sp³-hybridized carbons (Fsp3) is 0.474. The number of imidazole rings is 1. The minimum atomic E-state index is -3.61. The SMILES string of the molecule is CC[C@H](C(=O)NCCCn1ccnc1)N(c1ccc(C)c(C)c1)S(C)(=O)=O. The van der Waals surface area contributed by atoms with Gasteiger partial charge in [0.1, 0.15) is 6.04 Å². The number of sulfonamides is 1. The van der Waals surface area contributed by atoms with Crippen molar-refractivity contribution in [2.75, 3.05) is 17.1 Å². The number of nitrogens with one attached hydrogen (secondary N) is 1. The summed E-state index contributed by atoms with van der Waals surface area (Å²) in [4.78, 5) is 16.7. The van der Waals surface area contributed by atoms with Crippen LogP contribution in [0.25, 0.3) is 0 Å². The molecule has 1 amide bonds. The summed E-state index contributed by atoms with van der Waals surface area (Å²) < 4.78 is 28.1. The lowest BCUT2D eigenvalue weighted by molar-refractivity contribution is -0.122. The molecule has 1 aromatic heterocycles. The number of aryl methyl sites for hydroxylation is 3. The Balaban J connectivity index is 2.11. The topological polar surface area (TPSA) is 84.3 Å². The number of carbonyl (C=O) groups is 1. The number of rotatable bonds is 9. The van der Waals surface area contributed by atoms with Gasteiger partial charge in [-0.05, 0) is 49.9 Å². The predicted octanol–water partition coefficient (Wildman–Crippen LogP) is 2.25. The van der Waals surface area contributed by atoms with Gasteiger partial charge in [0.2, 0.25) is 15.9 Å². The van der Waals surface area contributed by atoms with Gasteiger partial charge in [-0.1, -0.05) is 13.0 Å². The smallest absolute Gasteiger partial charge is 0.243 e. The molecular weight excluding hydrogens is 364 g/mol. The zero-order valence-corrected chi connectivity index (χ0v) is 17.2. The first-order valence-electron chi connectivity index (χ1n) is 9.04. The zero-order chi connectivity index (χ0) is 20.0. The average molecular weight is 393 g/mol. The molecule has 2 aromatic rings. The summed E-state index contributed by atoms with van der Waals surface area (Å²) in [6.45, 7) is 6.92. The number of anilines is 1. The molecule has 1 atom stereocenters. The Kier molecular flexibility index (Phi) is 7.01. The first-order chi connectivity index (χ1) is 12.7. The fourth-order valence-electron chi connectivity index (χ4n) is 2.93. The van der Waals surface area contributed by atoms with Crippen LogP contribution in [0.15, 0.2) is 36.9 Å². The molecule has 0 unspecified atom stereocenters. The van der Waals surface area contributed by atoms with Gasteiger partial charge in [0, 0.05) is 25.5 Å². The van der Waals surface area contributed by atoms with E-state index in [-0.39, 0.29) is 5.91 Å². The van der Waals surface area contributed by atoms with E-state index in [0.717, 1.165) is 30.3 Å². The second-order valence-electron chi connectivity index (χ2n) is 6.70. The zero-order valence-electron chi connectivity index (χ0n) is 16.3. The van der Waals surface area contributed by atoms with Gasteiger partial charge in [0.05, 0.1) is 18.3 Å². The Morgan fingerprint density at radius 2 is 2.04 bits per heavy atom. The van der Waals surface area contributed by atoms with Crippen LogP contribution in [0, 0.1) is 13.8 Å². The number of nitrogens with zero attached hydrogens (tertiary/aromatic N) is 3. The van der Waals surface area contributed by atoms with E-state index < -0.39 is 16.1 Å². The summed E-state index contributed by atoms with van der Waals surface area (Å²) in [5.41, 5.74) is 2.57. The van der Waals surface area contributed by atoms with Gasteiger partial charge >= 0.3 is 0 Å². The summed E-state index contributed by atoms with van der Waals surface area (Å²) in [5.74, 6) is -0.285. The summed E-state index contributed by atoms with van der Waals surface area (Å²) in [7, 11) is -3.61. The van der Waals surface area contributed by atoms with E-state index in [2.05, 4.69) is 10.3 Å². The largest absolute Gasteiger partial charge is 0.354 e. The van der Waals surface area contributed by atoms with Crippen molar-refractivity contribution in [3.63, 3.8) is 0 Å². The highest BCUT2D eigenvalue weighted by atomic mass is 32.2. The normalized spacial score (nSPS) is 12.6. The van der Waals surface area contributed by atoms with E-state index >= 15 is 0 Å². The van der Waals surface area contributed by atoms with Crippen LogP contribution in [-0.4, -0.2) is 42.7 Å². The number of aromatic nitrogens is 2. The third kappa shape index (κ3) is 5.56. The summed E-state index contributed by atoms with van der Waals surface area (Å²) >= 11 is 0. The molecule has 8 heteroatoms. The molecule has 0 radical (unpaired) electrons. The first kappa shape index (κ1) is 21.0. The van der Waals surface area contributed by atoms with Gasteiger partial charge in [-0.2, -0.15) is 0 Å². The highest BCUT2D eigenvalue weighted by Gasteiger charge is 2.31. The van der Waals surface area contributed by atoms with Crippen molar-refractivity contribution < 1.29 is 13.2 Å². The van der Waals surface area contributed by atoms with E-state index in [1.165, 1.54) is 4.31 Å². The van der Waals surface area contributed by atoms with Crippen molar-refractivity contribution in [3.8, 4) is 0 Å². The first-order valence-corrected chi connectivity index (χ1v) is 10.9. The molecule has 2 rings (SSSR count).